The Morgan fingerprint density at radius 2 is 2.16 bits per heavy atom. The van der Waals surface area contributed by atoms with Crippen LogP contribution in [0.3, 0.4) is 0 Å². The second-order valence-electron chi connectivity index (χ2n) is 4.33. The third-order valence-electron chi connectivity index (χ3n) is 2.86. The predicted octanol–water partition coefficient (Wildman–Crippen LogP) is 2.15. The molecule has 0 fully saturated rings. The van der Waals surface area contributed by atoms with Gasteiger partial charge in [0.2, 0.25) is 0 Å². The van der Waals surface area contributed by atoms with Crippen molar-refractivity contribution < 1.29 is 10.2 Å². The average Bonchev–Trinajstić information content (AvgIpc) is 2.94. The first-order valence-corrected chi connectivity index (χ1v) is 7.05. The Labute approximate surface area is 116 Å². The third kappa shape index (κ3) is 3.70. The van der Waals surface area contributed by atoms with Gasteiger partial charge in [-0.3, -0.25) is 0 Å². The fourth-order valence-corrected chi connectivity index (χ4v) is 2.55. The molecule has 2 aromatic rings. The number of anilines is 2. The van der Waals surface area contributed by atoms with E-state index < -0.39 is 6.10 Å². The smallest absolute Gasteiger partial charge is 0.0787 e. The number of benzene rings is 1. The molecule has 19 heavy (non-hydrogen) atoms. The SMILES string of the molecule is Nc1ccc(NCCC(O)CO)cc1-c1cccs1. The molecule has 1 aromatic carbocycles. The van der Waals surface area contributed by atoms with Crippen molar-refractivity contribution in [2.45, 2.75) is 12.5 Å². The van der Waals surface area contributed by atoms with Crippen LogP contribution >= 0.6 is 11.3 Å². The van der Waals surface area contributed by atoms with E-state index >= 15 is 0 Å². The zero-order valence-electron chi connectivity index (χ0n) is 10.5. The Balaban J connectivity index is 2.05. The fourth-order valence-electron chi connectivity index (χ4n) is 1.79. The minimum Gasteiger partial charge on any atom is -0.398 e. The monoisotopic (exact) mass is 278 g/mol. The van der Waals surface area contributed by atoms with Crippen LogP contribution in [0.4, 0.5) is 11.4 Å². The standard InChI is InChI=1S/C14H18N2O2S/c15-13-4-3-10(16-6-5-11(18)9-17)8-12(13)14-2-1-7-19-14/h1-4,7-8,11,16-18H,5-6,9,15H2. The maximum atomic E-state index is 9.28. The van der Waals surface area contributed by atoms with Crippen LogP contribution in [0.5, 0.6) is 0 Å². The van der Waals surface area contributed by atoms with Crippen LogP contribution in [-0.2, 0) is 0 Å². The van der Waals surface area contributed by atoms with Gasteiger partial charge in [-0.1, -0.05) is 6.07 Å². The molecule has 0 saturated heterocycles. The Morgan fingerprint density at radius 1 is 1.32 bits per heavy atom. The first kappa shape index (κ1) is 13.9. The van der Waals surface area contributed by atoms with Gasteiger partial charge in [-0.2, -0.15) is 0 Å². The summed E-state index contributed by atoms with van der Waals surface area (Å²) in [6.45, 7) is 0.402. The molecular formula is C14H18N2O2S. The maximum Gasteiger partial charge on any atom is 0.0787 e. The van der Waals surface area contributed by atoms with Crippen LogP contribution in [0.25, 0.3) is 10.4 Å². The molecule has 0 amide bonds. The van der Waals surface area contributed by atoms with Gasteiger partial charge in [-0.05, 0) is 36.1 Å². The lowest BCUT2D eigenvalue weighted by molar-refractivity contribution is 0.0911. The zero-order chi connectivity index (χ0) is 13.7. The number of nitrogen functional groups attached to an aromatic ring is 1. The first-order chi connectivity index (χ1) is 9.20. The molecule has 0 bridgehead atoms. The molecule has 1 aromatic heterocycles. The van der Waals surface area contributed by atoms with Crippen LogP contribution in [0.15, 0.2) is 35.7 Å². The van der Waals surface area contributed by atoms with Gasteiger partial charge < -0.3 is 21.3 Å². The van der Waals surface area contributed by atoms with Crippen molar-refractivity contribution in [3.8, 4) is 10.4 Å². The van der Waals surface area contributed by atoms with Crippen molar-refractivity contribution in [2.75, 3.05) is 24.2 Å². The minimum atomic E-state index is -0.668. The second-order valence-corrected chi connectivity index (χ2v) is 5.28. The topological polar surface area (TPSA) is 78.5 Å². The van der Waals surface area contributed by atoms with Gasteiger partial charge in [0.05, 0.1) is 12.7 Å². The number of rotatable bonds is 6. The van der Waals surface area contributed by atoms with Crippen LogP contribution < -0.4 is 11.1 Å². The predicted molar refractivity (Wildman–Crippen MR) is 80.4 cm³/mol. The van der Waals surface area contributed by atoms with Gasteiger partial charge >= 0.3 is 0 Å². The maximum absolute atomic E-state index is 9.28. The van der Waals surface area contributed by atoms with Crippen LogP contribution in [0, 0.1) is 0 Å². The Kier molecular flexibility index (Phi) is 4.79. The minimum absolute atomic E-state index is 0.205. The molecule has 2 rings (SSSR count). The van der Waals surface area contributed by atoms with E-state index in [0.717, 1.165) is 21.8 Å². The fraction of sp³-hybridized carbons (Fsp3) is 0.286. The summed E-state index contributed by atoms with van der Waals surface area (Å²) in [6, 6.07) is 9.83. The lowest BCUT2D eigenvalue weighted by Crippen LogP contribution is -2.16. The van der Waals surface area contributed by atoms with E-state index in [4.69, 9.17) is 10.8 Å². The van der Waals surface area contributed by atoms with E-state index in [-0.39, 0.29) is 6.61 Å². The van der Waals surface area contributed by atoms with E-state index in [1.807, 2.05) is 35.7 Å². The molecule has 5 heteroatoms. The molecule has 1 atom stereocenters. The lowest BCUT2D eigenvalue weighted by atomic mass is 10.1. The highest BCUT2D eigenvalue weighted by atomic mass is 32.1. The van der Waals surface area contributed by atoms with Crippen molar-refractivity contribution in [2.24, 2.45) is 0 Å². The summed E-state index contributed by atoms with van der Waals surface area (Å²) in [5.74, 6) is 0. The molecule has 4 nitrogen and oxygen atoms in total. The van der Waals surface area contributed by atoms with E-state index in [0.29, 0.717) is 13.0 Å². The normalized spacial score (nSPS) is 12.3. The van der Waals surface area contributed by atoms with Crippen LogP contribution in [-0.4, -0.2) is 29.5 Å². The molecule has 0 spiro atoms. The van der Waals surface area contributed by atoms with E-state index in [9.17, 15) is 5.11 Å². The van der Waals surface area contributed by atoms with Gasteiger partial charge in [-0.15, -0.1) is 11.3 Å². The lowest BCUT2D eigenvalue weighted by Gasteiger charge is -2.11. The molecule has 1 unspecified atom stereocenters. The van der Waals surface area contributed by atoms with Crippen LogP contribution in [0.2, 0.25) is 0 Å². The van der Waals surface area contributed by atoms with Crippen molar-refractivity contribution >= 4 is 22.7 Å². The first-order valence-electron chi connectivity index (χ1n) is 6.17. The van der Waals surface area contributed by atoms with Gasteiger partial charge in [0.15, 0.2) is 0 Å². The summed E-state index contributed by atoms with van der Waals surface area (Å²) in [5.41, 5.74) is 8.72. The van der Waals surface area contributed by atoms with Crippen molar-refractivity contribution in [1.29, 1.82) is 0 Å². The number of thiophene rings is 1. The summed E-state index contributed by atoms with van der Waals surface area (Å²) >= 11 is 1.65. The molecule has 1 heterocycles. The number of nitrogens with one attached hydrogen (secondary N) is 1. The Morgan fingerprint density at radius 3 is 2.84 bits per heavy atom. The van der Waals surface area contributed by atoms with Gasteiger partial charge in [0, 0.05) is 28.4 Å². The number of hydrogen-bond acceptors (Lipinski definition) is 5. The molecule has 0 aliphatic carbocycles. The molecular weight excluding hydrogens is 260 g/mol. The number of aliphatic hydroxyl groups excluding tert-OH is 2. The van der Waals surface area contributed by atoms with E-state index in [1.54, 1.807) is 11.3 Å². The van der Waals surface area contributed by atoms with Gasteiger partial charge in [0.1, 0.15) is 0 Å². The highest BCUT2D eigenvalue weighted by molar-refractivity contribution is 7.13. The number of aliphatic hydroxyl groups is 2. The number of hydrogen-bond donors (Lipinski definition) is 4. The highest BCUT2D eigenvalue weighted by Crippen LogP contribution is 2.32. The molecule has 0 radical (unpaired) electrons. The average molecular weight is 278 g/mol. The third-order valence-corrected chi connectivity index (χ3v) is 3.76. The zero-order valence-corrected chi connectivity index (χ0v) is 11.4. The summed E-state index contributed by atoms with van der Waals surface area (Å²) in [7, 11) is 0. The summed E-state index contributed by atoms with van der Waals surface area (Å²) in [5, 5.41) is 23.3. The van der Waals surface area contributed by atoms with Gasteiger partial charge in [0.25, 0.3) is 0 Å². The Hall–Kier alpha value is -1.56. The molecule has 5 N–H and O–H groups in total. The van der Waals surface area contributed by atoms with Crippen molar-refractivity contribution in [1.82, 2.24) is 0 Å². The highest BCUT2D eigenvalue weighted by Gasteiger charge is 2.06. The summed E-state index contributed by atoms with van der Waals surface area (Å²) in [4.78, 5) is 1.14. The summed E-state index contributed by atoms with van der Waals surface area (Å²) < 4.78 is 0. The van der Waals surface area contributed by atoms with Crippen LogP contribution in [0.1, 0.15) is 6.42 Å². The van der Waals surface area contributed by atoms with E-state index in [2.05, 4.69) is 5.32 Å². The molecule has 102 valence electrons. The molecule has 0 aliphatic rings. The second kappa shape index (κ2) is 6.56. The quantitative estimate of drug-likeness (QED) is 0.611. The van der Waals surface area contributed by atoms with E-state index in [1.165, 1.54) is 0 Å². The Bertz CT molecular complexity index is 514. The number of nitrogens with two attached hydrogens (primary N) is 1. The van der Waals surface area contributed by atoms with Crippen molar-refractivity contribution in [3.05, 3.63) is 35.7 Å². The summed E-state index contributed by atoms with van der Waals surface area (Å²) in [6.07, 6.45) is -0.159. The largest absolute Gasteiger partial charge is 0.398 e. The molecule has 0 aliphatic heterocycles. The van der Waals surface area contributed by atoms with Gasteiger partial charge in [-0.25, -0.2) is 0 Å². The molecule has 0 saturated carbocycles. The van der Waals surface area contributed by atoms with Crippen molar-refractivity contribution in [3.63, 3.8) is 0 Å².